The zero-order valence-corrected chi connectivity index (χ0v) is 18.1. The van der Waals surface area contributed by atoms with E-state index >= 15 is 0 Å². The third kappa shape index (κ3) is 5.01. The molecule has 0 spiro atoms. The minimum Gasteiger partial charge on any atom is -0.488 e. The standard InChI is InChI=1S/C23H16BrN3O5/c24-18-8-9-21-17(11-18)12-22(32-21)23(28)26-25-13-16-5-1-2-7-20(16)31-14-15-4-3-6-19(10-15)27(29)30/h1-13H,14H2,(H,26,28)/b25-13+. The van der Waals surface area contributed by atoms with Crippen LogP contribution >= 0.6 is 15.9 Å². The van der Waals surface area contributed by atoms with E-state index in [1.54, 1.807) is 48.5 Å². The molecule has 0 saturated carbocycles. The molecule has 4 aromatic rings. The molecule has 1 aromatic heterocycles. The van der Waals surface area contributed by atoms with E-state index in [1.807, 2.05) is 12.1 Å². The van der Waals surface area contributed by atoms with Crippen molar-refractivity contribution >= 4 is 44.7 Å². The van der Waals surface area contributed by atoms with Crippen molar-refractivity contribution in [3.05, 3.63) is 104 Å². The number of rotatable bonds is 7. The molecule has 0 saturated heterocycles. The van der Waals surface area contributed by atoms with Crippen LogP contribution in [0.15, 0.2) is 86.8 Å². The number of non-ortho nitro benzene ring substituents is 1. The fraction of sp³-hybridized carbons (Fsp3) is 0.0435. The fourth-order valence-corrected chi connectivity index (χ4v) is 3.36. The SMILES string of the molecule is O=C(N/N=C/c1ccccc1OCc1cccc([N+](=O)[O-])c1)c1cc2cc(Br)ccc2o1. The molecule has 0 fully saturated rings. The number of hydrogen-bond acceptors (Lipinski definition) is 6. The summed E-state index contributed by atoms with van der Waals surface area (Å²) < 4.78 is 12.2. The molecule has 32 heavy (non-hydrogen) atoms. The van der Waals surface area contributed by atoms with Gasteiger partial charge in [0.15, 0.2) is 5.76 Å². The van der Waals surface area contributed by atoms with Gasteiger partial charge in [0.25, 0.3) is 5.69 Å². The van der Waals surface area contributed by atoms with E-state index in [0.29, 0.717) is 22.5 Å². The second-order valence-electron chi connectivity index (χ2n) is 6.75. The Labute approximate surface area is 190 Å². The highest BCUT2D eigenvalue weighted by Gasteiger charge is 2.12. The summed E-state index contributed by atoms with van der Waals surface area (Å²) in [5, 5.41) is 15.7. The van der Waals surface area contributed by atoms with Gasteiger partial charge in [0.05, 0.1) is 11.1 Å². The molecule has 1 heterocycles. The Morgan fingerprint density at radius 1 is 1.12 bits per heavy atom. The van der Waals surface area contributed by atoms with Crippen molar-refractivity contribution in [2.75, 3.05) is 0 Å². The minimum absolute atomic E-state index is 0.00149. The molecule has 0 aliphatic carbocycles. The second kappa shape index (κ2) is 9.44. The summed E-state index contributed by atoms with van der Waals surface area (Å²) in [4.78, 5) is 22.8. The van der Waals surface area contributed by atoms with Gasteiger partial charge >= 0.3 is 5.91 Å². The summed E-state index contributed by atoms with van der Waals surface area (Å²) in [5.74, 6) is 0.180. The lowest BCUT2D eigenvalue weighted by Crippen LogP contribution is -2.16. The van der Waals surface area contributed by atoms with Gasteiger partial charge in [-0.1, -0.05) is 40.2 Å². The van der Waals surface area contributed by atoms with Crippen molar-refractivity contribution in [1.29, 1.82) is 0 Å². The van der Waals surface area contributed by atoms with Crippen LogP contribution in [0.3, 0.4) is 0 Å². The van der Waals surface area contributed by atoms with Gasteiger partial charge in [0.2, 0.25) is 0 Å². The van der Waals surface area contributed by atoms with Crippen molar-refractivity contribution in [1.82, 2.24) is 5.43 Å². The molecule has 8 nitrogen and oxygen atoms in total. The van der Waals surface area contributed by atoms with Crippen LogP contribution in [0, 0.1) is 10.1 Å². The number of fused-ring (bicyclic) bond motifs is 1. The van der Waals surface area contributed by atoms with Crippen LogP contribution < -0.4 is 10.2 Å². The first-order valence-electron chi connectivity index (χ1n) is 9.47. The zero-order chi connectivity index (χ0) is 22.5. The number of amides is 1. The number of hydrazone groups is 1. The van der Waals surface area contributed by atoms with Crippen molar-refractivity contribution in [3.63, 3.8) is 0 Å². The predicted molar refractivity (Wildman–Crippen MR) is 123 cm³/mol. The maximum atomic E-state index is 12.4. The molecule has 0 aliphatic heterocycles. The normalized spacial score (nSPS) is 11.0. The summed E-state index contributed by atoms with van der Waals surface area (Å²) >= 11 is 3.38. The largest absolute Gasteiger partial charge is 0.488 e. The summed E-state index contributed by atoms with van der Waals surface area (Å²) in [6, 6.07) is 20.5. The summed E-state index contributed by atoms with van der Waals surface area (Å²) in [7, 11) is 0. The summed E-state index contributed by atoms with van der Waals surface area (Å²) in [6.07, 6.45) is 1.46. The number of hydrogen-bond donors (Lipinski definition) is 1. The van der Waals surface area contributed by atoms with E-state index < -0.39 is 10.8 Å². The average molecular weight is 494 g/mol. The fourth-order valence-electron chi connectivity index (χ4n) is 2.98. The molecule has 0 bridgehead atoms. The average Bonchev–Trinajstić information content (AvgIpc) is 3.22. The van der Waals surface area contributed by atoms with Crippen LogP contribution in [0.5, 0.6) is 5.75 Å². The van der Waals surface area contributed by atoms with E-state index in [2.05, 4.69) is 26.5 Å². The number of nitrogens with one attached hydrogen (secondary N) is 1. The number of benzene rings is 3. The lowest BCUT2D eigenvalue weighted by Gasteiger charge is -2.09. The Hall–Kier alpha value is -3.98. The van der Waals surface area contributed by atoms with Gasteiger partial charge in [0, 0.05) is 27.6 Å². The molecule has 0 unspecified atom stereocenters. The Bertz CT molecular complexity index is 1330. The molecule has 0 atom stereocenters. The van der Waals surface area contributed by atoms with Crippen LogP contribution in [0.1, 0.15) is 21.7 Å². The second-order valence-corrected chi connectivity index (χ2v) is 7.66. The summed E-state index contributed by atoms with van der Waals surface area (Å²) in [6.45, 7) is 0.146. The van der Waals surface area contributed by atoms with Gasteiger partial charge < -0.3 is 9.15 Å². The summed E-state index contributed by atoms with van der Waals surface area (Å²) in [5.41, 5.74) is 4.33. The third-order valence-corrected chi connectivity index (χ3v) is 5.00. The molecule has 9 heteroatoms. The molecular formula is C23H16BrN3O5. The van der Waals surface area contributed by atoms with Gasteiger partial charge in [-0.2, -0.15) is 5.10 Å². The Kier molecular flexibility index (Phi) is 6.27. The Balaban J connectivity index is 1.42. The quantitative estimate of drug-likeness (QED) is 0.209. The van der Waals surface area contributed by atoms with E-state index in [-0.39, 0.29) is 18.1 Å². The van der Waals surface area contributed by atoms with E-state index in [1.165, 1.54) is 18.3 Å². The number of ether oxygens (including phenoxy) is 1. The van der Waals surface area contributed by atoms with Crippen molar-refractivity contribution in [2.24, 2.45) is 5.10 Å². The number of furan rings is 1. The monoisotopic (exact) mass is 493 g/mol. The lowest BCUT2D eigenvalue weighted by molar-refractivity contribution is -0.384. The van der Waals surface area contributed by atoms with Gasteiger partial charge in [-0.05, 0) is 42.0 Å². The van der Waals surface area contributed by atoms with Gasteiger partial charge in [-0.25, -0.2) is 5.43 Å². The van der Waals surface area contributed by atoms with Crippen LogP contribution in [-0.2, 0) is 6.61 Å². The van der Waals surface area contributed by atoms with Crippen LogP contribution in [0.25, 0.3) is 11.0 Å². The number of nitro benzene ring substituents is 1. The number of halogens is 1. The minimum atomic E-state index is -0.483. The Morgan fingerprint density at radius 2 is 1.97 bits per heavy atom. The first kappa shape index (κ1) is 21.3. The first-order chi connectivity index (χ1) is 15.5. The zero-order valence-electron chi connectivity index (χ0n) is 16.5. The first-order valence-corrected chi connectivity index (χ1v) is 10.3. The number of para-hydroxylation sites is 1. The molecule has 160 valence electrons. The maximum absolute atomic E-state index is 12.4. The number of carbonyl (C=O) groups excluding carboxylic acids is 1. The molecule has 0 radical (unpaired) electrons. The van der Waals surface area contributed by atoms with Crippen LogP contribution in [0.2, 0.25) is 0 Å². The highest BCUT2D eigenvalue weighted by Crippen LogP contribution is 2.23. The van der Waals surface area contributed by atoms with E-state index in [0.717, 1.165) is 9.86 Å². The smallest absolute Gasteiger partial charge is 0.307 e. The third-order valence-electron chi connectivity index (χ3n) is 4.51. The maximum Gasteiger partial charge on any atom is 0.307 e. The number of nitrogens with zero attached hydrogens (tertiary/aromatic N) is 2. The number of carbonyl (C=O) groups is 1. The molecule has 1 amide bonds. The van der Waals surface area contributed by atoms with Crippen molar-refractivity contribution in [2.45, 2.75) is 6.61 Å². The van der Waals surface area contributed by atoms with E-state index in [9.17, 15) is 14.9 Å². The Morgan fingerprint density at radius 3 is 2.81 bits per heavy atom. The molecule has 0 aliphatic rings. The molecule has 4 rings (SSSR count). The number of nitro groups is 1. The highest BCUT2D eigenvalue weighted by atomic mass is 79.9. The topological polar surface area (TPSA) is 107 Å². The predicted octanol–water partition coefficient (Wildman–Crippen LogP) is 5.45. The van der Waals surface area contributed by atoms with Crippen LogP contribution in [0.4, 0.5) is 5.69 Å². The van der Waals surface area contributed by atoms with Gasteiger partial charge in [-0.3, -0.25) is 14.9 Å². The van der Waals surface area contributed by atoms with Crippen LogP contribution in [-0.4, -0.2) is 17.0 Å². The molecule has 3 aromatic carbocycles. The molecular weight excluding hydrogens is 478 g/mol. The van der Waals surface area contributed by atoms with Gasteiger partial charge in [-0.15, -0.1) is 0 Å². The van der Waals surface area contributed by atoms with Gasteiger partial charge in [0.1, 0.15) is 17.9 Å². The molecule has 1 N–H and O–H groups in total. The highest BCUT2D eigenvalue weighted by molar-refractivity contribution is 9.10. The van der Waals surface area contributed by atoms with Crippen molar-refractivity contribution in [3.8, 4) is 5.75 Å². The van der Waals surface area contributed by atoms with E-state index in [4.69, 9.17) is 9.15 Å². The van der Waals surface area contributed by atoms with Crippen molar-refractivity contribution < 1.29 is 18.9 Å². The lowest BCUT2D eigenvalue weighted by atomic mass is 10.2.